The van der Waals surface area contributed by atoms with Crippen molar-refractivity contribution >= 4 is 17.5 Å². The van der Waals surface area contributed by atoms with Crippen molar-refractivity contribution in [1.29, 1.82) is 0 Å². The summed E-state index contributed by atoms with van der Waals surface area (Å²) >= 11 is 0. The van der Waals surface area contributed by atoms with Gasteiger partial charge in [0.05, 0.1) is 0 Å². The highest BCUT2D eigenvalue weighted by Crippen LogP contribution is 2.33. The number of amides is 2. The lowest BCUT2D eigenvalue weighted by atomic mass is 10.1. The second-order valence-electron chi connectivity index (χ2n) is 7.28. The summed E-state index contributed by atoms with van der Waals surface area (Å²) < 4.78 is 0. The minimum absolute atomic E-state index is 0.0798. The van der Waals surface area contributed by atoms with Gasteiger partial charge in [0.2, 0.25) is 0 Å². The van der Waals surface area contributed by atoms with E-state index in [1.807, 2.05) is 60.4 Å². The smallest absolute Gasteiger partial charge is 0.269 e. The zero-order valence-corrected chi connectivity index (χ0v) is 16.3. The van der Waals surface area contributed by atoms with Crippen LogP contribution >= 0.6 is 0 Å². The van der Waals surface area contributed by atoms with Crippen molar-refractivity contribution in [2.24, 2.45) is 0 Å². The molecule has 1 unspecified atom stereocenters. The van der Waals surface area contributed by atoms with Crippen molar-refractivity contribution in [3.05, 3.63) is 95.3 Å². The quantitative estimate of drug-likeness (QED) is 0.729. The van der Waals surface area contributed by atoms with Crippen LogP contribution in [0.25, 0.3) is 0 Å². The highest BCUT2D eigenvalue weighted by atomic mass is 16.2. The monoisotopic (exact) mass is 385 g/mol. The molecule has 0 fully saturated rings. The van der Waals surface area contributed by atoms with Crippen LogP contribution in [0.5, 0.6) is 0 Å². The number of para-hydroxylation sites is 1. The van der Waals surface area contributed by atoms with Gasteiger partial charge in [0, 0.05) is 30.0 Å². The molecular formula is C24H23N3O2. The normalized spacial score (nSPS) is 15.1. The van der Waals surface area contributed by atoms with Gasteiger partial charge in [-0.25, -0.2) is 0 Å². The molecule has 2 aromatic carbocycles. The maximum Gasteiger partial charge on any atom is 0.269 e. The molecule has 1 aliphatic heterocycles. The fourth-order valence-electron chi connectivity index (χ4n) is 3.76. The van der Waals surface area contributed by atoms with Crippen molar-refractivity contribution < 1.29 is 9.59 Å². The molecule has 1 atom stereocenters. The van der Waals surface area contributed by atoms with E-state index in [2.05, 4.69) is 16.4 Å². The lowest BCUT2D eigenvalue weighted by Gasteiger charge is -2.23. The van der Waals surface area contributed by atoms with Crippen molar-refractivity contribution in [2.75, 3.05) is 11.4 Å². The first kappa shape index (κ1) is 18.9. The largest absolute Gasteiger partial charge is 0.350 e. The second kappa shape index (κ2) is 8.27. The number of hydrogen-bond acceptors (Lipinski definition) is 3. The van der Waals surface area contributed by atoms with Crippen molar-refractivity contribution in [1.82, 2.24) is 10.3 Å². The maximum absolute atomic E-state index is 13.2. The standard InChI is InChI=1S/C24H23N3O2/c1-17-15-19-9-5-6-10-22(19)27(17)24(29)20-12-14-25-21(16-20)23(28)26-13-11-18-7-3-2-4-8-18/h2-10,12,14,16-17H,11,13,15H2,1H3,(H,26,28). The molecular weight excluding hydrogens is 362 g/mol. The topological polar surface area (TPSA) is 62.3 Å². The first-order valence-electron chi connectivity index (χ1n) is 9.83. The van der Waals surface area contributed by atoms with Gasteiger partial charge in [-0.15, -0.1) is 0 Å². The molecule has 0 saturated heterocycles. The Morgan fingerprint density at radius 1 is 1.07 bits per heavy atom. The molecule has 2 heterocycles. The third kappa shape index (κ3) is 4.04. The molecule has 0 radical (unpaired) electrons. The van der Waals surface area contributed by atoms with E-state index in [1.54, 1.807) is 12.1 Å². The molecule has 1 aromatic heterocycles. The minimum atomic E-state index is -0.273. The second-order valence-corrected chi connectivity index (χ2v) is 7.28. The van der Waals surface area contributed by atoms with Crippen LogP contribution in [-0.2, 0) is 12.8 Å². The predicted molar refractivity (Wildman–Crippen MR) is 113 cm³/mol. The molecule has 0 aliphatic carbocycles. The molecule has 29 heavy (non-hydrogen) atoms. The van der Waals surface area contributed by atoms with Gasteiger partial charge in [0.25, 0.3) is 11.8 Å². The molecule has 0 bridgehead atoms. The number of hydrogen-bond donors (Lipinski definition) is 1. The maximum atomic E-state index is 13.2. The first-order valence-corrected chi connectivity index (χ1v) is 9.83. The van der Waals surface area contributed by atoms with Crippen molar-refractivity contribution in [3.63, 3.8) is 0 Å². The molecule has 2 amide bonds. The summed E-state index contributed by atoms with van der Waals surface area (Å²) in [5, 5.41) is 2.88. The Morgan fingerprint density at radius 2 is 1.83 bits per heavy atom. The summed E-state index contributed by atoms with van der Waals surface area (Å²) in [6.45, 7) is 2.55. The summed E-state index contributed by atoms with van der Waals surface area (Å²) in [6.07, 6.45) is 3.10. The molecule has 3 aromatic rings. The number of carbonyl (C=O) groups is 2. The molecule has 146 valence electrons. The van der Waals surface area contributed by atoms with Crippen LogP contribution in [-0.4, -0.2) is 29.4 Å². The van der Waals surface area contributed by atoms with E-state index >= 15 is 0 Å². The molecule has 5 heteroatoms. The van der Waals surface area contributed by atoms with Gasteiger partial charge < -0.3 is 10.2 Å². The van der Waals surface area contributed by atoms with E-state index in [-0.39, 0.29) is 23.6 Å². The minimum Gasteiger partial charge on any atom is -0.350 e. The Bertz CT molecular complexity index is 1030. The number of aromatic nitrogens is 1. The molecule has 0 saturated carbocycles. The lowest BCUT2D eigenvalue weighted by molar-refractivity contribution is 0.0949. The van der Waals surface area contributed by atoms with Gasteiger partial charge in [-0.2, -0.15) is 0 Å². The Hall–Kier alpha value is -3.47. The van der Waals surface area contributed by atoms with Crippen LogP contribution < -0.4 is 10.2 Å². The SMILES string of the molecule is CC1Cc2ccccc2N1C(=O)c1ccnc(C(=O)NCCc2ccccc2)c1. The van der Waals surface area contributed by atoms with Crippen LogP contribution in [0.4, 0.5) is 5.69 Å². The third-order valence-electron chi connectivity index (χ3n) is 5.21. The summed E-state index contributed by atoms with van der Waals surface area (Å²) in [5.74, 6) is -0.381. The van der Waals surface area contributed by atoms with Gasteiger partial charge in [-0.1, -0.05) is 48.5 Å². The lowest BCUT2D eigenvalue weighted by Crippen LogP contribution is -2.36. The van der Waals surface area contributed by atoms with Gasteiger partial charge in [0.15, 0.2) is 0 Å². The van der Waals surface area contributed by atoms with Crippen LogP contribution in [0.1, 0.15) is 38.9 Å². The molecule has 5 nitrogen and oxygen atoms in total. The van der Waals surface area contributed by atoms with Crippen LogP contribution in [0.3, 0.4) is 0 Å². The van der Waals surface area contributed by atoms with E-state index < -0.39 is 0 Å². The predicted octanol–water partition coefficient (Wildman–Crippen LogP) is 3.65. The van der Waals surface area contributed by atoms with Gasteiger partial charge in [-0.05, 0) is 49.1 Å². The first-order chi connectivity index (χ1) is 14.1. The van der Waals surface area contributed by atoms with Crippen LogP contribution in [0.15, 0.2) is 72.9 Å². The van der Waals surface area contributed by atoms with E-state index in [0.717, 1.165) is 24.1 Å². The average Bonchev–Trinajstić information content (AvgIpc) is 3.09. The molecule has 0 spiro atoms. The molecule has 4 rings (SSSR count). The van der Waals surface area contributed by atoms with Crippen molar-refractivity contribution in [2.45, 2.75) is 25.8 Å². The van der Waals surface area contributed by atoms with E-state index in [9.17, 15) is 9.59 Å². The fourth-order valence-corrected chi connectivity index (χ4v) is 3.76. The molecule has 1 N–H and O–H groups in total. The summed E-state index contributed by atoms with van der Waals surface area (Å²) in [7, 11) is 0. The third-order valence-corrected chi connectivity index (χ3v) is 5.21. The highest BCUT2D eigenvalue weighted by Gasteiger charge is 2.31. The Kier molecular flexibility index (Phi) is 5.38. The van der Waals surface area contributed by atoms with Gasteiger partial charge in [-0.3, -0.25) is 14.6 Å². The summed E-state index contributed by atoms with van der Waals surface area (Å²) in [4.78, 5) is 31.6. The number of nitrogens with zero attached hydrogens (tertiary/aromatic N) is 2. The number of nitrogens with one attached hydrogen (secondary N) is 1. The zero-order valence-electron chi connectivity index (χ0n) is 16.3. The summed E-state index contributed by atoms with van der Waals surface area (Å²) in [6, 6.07) is 21.2. The Morgan fingerprint density at radius 3 is 2.66 bits per heavy atom. The van der Waals surface area contributed by atoms with Crippen LogP contribution in [0, 0.1) is 0 Å². The van der Waals surface area contributed by atoms with E-state index in [1.165, 1.54) is 11.8 Å². The number of rotatable bonds is 5. The zero-order chi connectivity index (χ0) is 20.2. The fraction of sp³-hybridized carbons (Fsp3) is 0.208. The Labute approximate surface area is 170 Å². The van der Waals surface area contributed by atoms with Gasteiger partial charge in [0.1, 0.15) is 5.69 Å². The van der Waals surface area contributed by atoms with Crippen molar-refractivity contribution in [3.8, 4) is 0 Å². The van der Waals surface area contributed by atoms with Gasteiger partial charge >= 0.3 is 0 Å². The number of benzene rings is 2. The number of carbonyl (C=O) groups excluding carboxylic acids is 2. The molecule has 1 aliphatic rings. The Balaban J connectivity index is 1.46. The average molecular weight is 385 g/mol. The summed E-state index contributed by atoms with van der Waals surface area (Å²) in [5.41, 5.74) is 3.99. The number of fused-ring (bicyclic) bond motifs is 1. The highest BCUT2D eigenvalue weighted by molar-refractivity contribution is 6.08. The number of anilines is 1. The van der Waals surface area contributed by atoms with E-state index in [0.29, 0.717) is 12.1 Å². The number of pyridine rings is 1. The van der Waals surface area contributed by atoms with Crippen LogP contribution in [0.2, 0.25) is 0 Å². The van der Waals surface area contributed by atoms with E-state index in [4.69, 9.17) is 0 Å².